The summed E-state index contributed by atoms with van der Waals surface area (Å²) in [5, 5.41) is 3.43. The molecule has 1 N–H and O–H groups in total. The van der Waals surface area contributed by atoms with Gasteiger partial charge >= 0.3 is 34.5 Å². The lowest BCUT2D eigenvalue weighted by Gasteiger charge is -2.42. The molecule has 1 aromatic rings. The number of hydrogen-bond acceptors (Lipinski definition) is 8. The van der Waals surface area contributed by atoms with Crippen molar-refractivity contribution < 1.29 is 30.0 Å². The Morgan fingerprint density at radius 1 is 0.722 bits per heavy atom. The lowest BCUT2D eigenvalue weighted by molar-refractivity contribution is 0.142. The van der Waals surface area contributed by atoms with Crippen molar-refractivity contribution in [1.29, 1.82) is 0 Å². The number of methoxy groups -OCH3 is 1. The van der Waals surface area contributed by atoms with Crippen LogP contribution in [0.3, 0.4) is 0 Å². The van der Waals surface area contributed by atoms with E-state index in [9.17, 15) is 0 Å². The molecule has 0 aliphatic carbocycles. The predicted octanol–water partition coefficient (Wildman–Crippen LogP) is 5.84. The van der Waals surface area contributed by atoms with E-state index in [1.54, 1.807) is 21.3 Å². The van der Waals surface area contributed by atoms with Gasteiger partial charge in [0.05, 0.1) is 6.61 Å². The number of para-hydroxylation sites is 1. The Kier molecular flexibility index (Phi) is 13.7. The summed E-state index contributed by atoms with van der Waals surface area (Å²) in [7, 11) is -7.61. The second-order valence-corrected chi connectivity index (χ2v) is 28.4. The molecule has 0 radical (unpaired) electrons. The normalized spacial score (nSPS) is 14.0. The molecule has 0 saturated heterocycles. The minimum atomic E-state index is -2.90. The molecule has 1 rings (SSSR count). The average molecular weight is 592 g/mol. The Morgan fingerprint density at radius 2 is 1.25 bits per heavy atom. The number of anilines is 1. The van der Waals surface area contributed by atoms with Crippen molar-refractivity contribution in [2.24, 2.45) is 0 Å². The fourth-order valence-electron chi connectivity index (χ4n) is 4.23. The van der Waals surface area contributed by atoms with Gasteiger partial charge < -0.3 is 35.4 Å². The van der Waals surface area contributed by atoms with Crippen molar-refractivity contribution in [3.8, 4) is 0 Å². The summed E-state index contributed by atoms with van der Waals surface area (Å²) >= 11 is 0. The van der Waals surface area contributed by atoms with Gasteiger partial charge in [-0.2, -0.15) is 0 Å². The fraction of sp³-hybridized carbons (Fsp3) is 0.652. The van der Waals surface area contributed by atoms with Crippen molar-refractivity contribution in [3.05, 3.63) is 42.1 Å². The second kappa shape index (κ2) is 14.6. The first-order chi connectivity index (χ1) is 16.6. The lowest BCUT2D eigenvalue weighted by Crippen LogP contribution is -2.60. The summed E-state index contributed by atoms with van der Waals surface area (Å²) in [4.78, 5) is 0. The first-order valence-electron chi connectivity index (χ1n) is 12.5. The van der Waals surface area contributed by atoms with Crippen LogP contribution in [-0.2, 0) is 30.0 Å². The van der Waals surface area contributed by atoms with Gasteiger partial charge in [0.15, 0.2) is 8.32 Å². The van der Waals surface area contributed by atoms with Gasteiger partial charge in [0, 0.05) is 39.6 Å². The van der Waals surface area contributed by atoms with E-state index in [1.165, 1.54) is 0 Å². The first-order valence-corrected chi connectivity index (χ1v) is 25.8. The Bertz CT molecular complexity index is 790. The molecule has 0 aliphatic rings. The number of rotatable bonds is 18. The topological polar surface area (TPSA) is 76.6 Å². The van der Waals surface area contributed by atoms with E-state index in [0.717, 1.165) is 18.7 Å². The maximum Gasteiger partial charge on any atom is 0.491 e. The van der Waals surface area contributed by atoms with E-state index in [2.05, 4.69) is 62.4 Å². The summed E-state index contributed by atoms with van der Waals surface area (Å²) in [6, 6.07) is 10.8. The van der Waals surface area contributed by atoms with Crippen molar-refractivity contribution in [2.45, 2.75) is 64.8 Å². The van der Waals surface area contributed by atoms with E-state index in [0.29, 0.717) is 12.7 Å². The number of nitrogens with one attached hydrogen (secondary N) is 1. The van der Waals surface area contributed by atoms with Crippen LogP contribution in [0.25, 0.3) is 0 Å². The van der Waals surface area contributed by atoms with Crippen molar-refractivity contribution in [2.75, 3.05) is 39.8 Å². The molecule has 0 atom stereocenters. The summed E-state index contributed by atoms with van der Waals surface area (Å²) in [6.45, 7) is 18.1. The van der Waals surface area contributed by atoms with Gasteiger partial charge in [0.25, 0.3) is 0 Å². The van der Waals surface area contributed by atoms with Crippen molar-refractivity contribution in [1.82, 2.24) is 0 Å². The zero-order chi connectivity index (χ0) is 27.5. The van der Waals surface area contributed by atoms with Crippen LogP contribution in [0.15, 0.2) is 42.1 Å². The summed E-state index contributed by atoms with van der Waals surface area (Å²) < 4.78 is 43.3. The minimum Gasteiger partial charge on any atom is -0.433 e. The van der Waals surface area contributed by atoms with E-state index >= 15 is 0 Å². The molecule has 0 spiro atoms. The standard InChI is InChI=1S/C23H49NO7Si5/c1-25-20-16-21-32(4,5)28-33(6,7)29-34(8,9)30-35(10,11)31-36(26-2,27-3)22-15-19-24-23-17-13-12-14-18-23/h12-14,16-18,21,24H,15,19-20,22H2,1-11H3/b21-16+. The highest BCUT2D eigenvalue weighted by atomic mass is 28.5. The lowest BCUT2D eigenvalue weighted by atomic mass is 10.3. The Balaban J connectivity index is 2.76. The fourth-order valence-corrected chi connectivity index (χ4v) is 26.6. The van der Waals surface area contributed by atoms with Crippen LogP contribution in [-0.4, -0.2) is 77.3 Å². The first kappa shape index (κ1) is 33.6. The molecule has 8 nitrogen and oxygen atoms in total. The highest BCUT2D eigenvalue weighted by Crippen LogP contribution is 2.28. The van der Waals surface area contributed by atoms with E-state index in [1.807, 2.05) is 37.4 Å². The monoisotopic (exact) mass is 591 g/mol. The maximum absolute atomic E-state index is 6.63. The van der Waals surface area contributed by atoms with E-state index in [-0.39, 0.29) is 0 Å². The van der Waals surface area contributed by atoms with E-state index in [4.69, 9.17) is 30.0 Å². The van der Waals surface area contributed by atoms with Gasteiger partial charge in [-0.05, 0) is 70.9 Å². The summed E-state index contributed by atoms with van der Waals surface area (Å²) in [6.07, 6.45) is 2.88. The maximum atomic E-state index is 6.63. The Labute approximate surface area is 224 Å². The molecular formula is C23H49NO7Si5. The smallest absolute Gasteiger partial charge is 0.433 e. The third kappa shape index (κ3) is 13.4. The molecular weight excluding hydrogens is 543 g/mol. The molecule has 208 valence electrons. The molecule has 0 aromatic heterocycles. The van der Waals surface area contributed by atoms with Gasteiger partial charge in [-0.3, -0.25) is 0 Å². The van der Waals surface area contributed by atoms with Gasteiger partial charge in [-0.15, -0.1) is 0 Å². The van der Waals surface area contributed by atoms with Crippen LogP contribution < -0.4 is 5.32 Å². The van der Waals surface area contributed by atoms with Crippen LogP contribution in [0.1, 0.15) is 6.42 Å². The molecule has 0 heterocycles. The number of benzene rings is 1. The highest BCUT2D eigenvalue weighted by Gasteiger charge is 2.49. The molecule has 13 heteroatoms. The zero-order valence-electron chi connectivity index (χ0n) is 24.2. The van der Waals surface area contributed by atoms with Crippen LogP contribution >= 0.6 is 0 Å². The predicted molar refractivity (Wildman–Crippen MR) is 159 cm³/mol. The molecule has 36 heavy (non-hydrogen) atoms. The van der Waals surface area contributed by atoms with Gasteiger partial charge in [0.1, 0.15) is 0 Å². The molecule has 0 unspecified atom stereocenters. The Morgan fingerprint density at radius 3 is 1.78 bits per heavy atom. The second-order valence-electron chi connectivity index (χ2n) is 10.6. The molecule has 0 fully saturated rings. The minimum absolute atomic E-state index is 0.579. The van der Waals surface area contributed by atoms with Crippen LogP contribution in [0, 0.1) is 0 Å². The molecule has 0 bridgehead atoms. The van der Waals surface area contributed by atoms with Gasteiger partial charge in [-0.1, -0.05) is 30.0 Å². The number of hydrogen-bond donors (Lipinski definition) is 1. The molecule has 0 amide bonds. The van der Waals surface area contributed by atoms with Gasteiger partial charge in [-0.25, -0.2) is 0 Å². The zero-order valence-corrected chi connectivity index (χ0v) is 29.2. The third-order valence-corrected chi connectivity index (χ3v) is 23.5. The SMILES string of the molecule is COC/C=C/[Si](C)(C)O[Si](C)(C)O[Si](C)(C)O[Si](C)(C)O[Si](CCCNc1ccccc1)(OC)OC. The van der Waals surface area contributed by atoms with Crippen LogP contribution in [0.2, 0.25) is 58.4 Å². The quantitative estimate of drug-likeness (QED) is 0.169. The summed E-state index contributed by atoms with van der Waals surface area (Å²) in [5.74, 6) is 0. The average Bonchev–Trinajstić information content (AvgIpc) is 2.74. The number of ether oxygens (including phenoxy) is 1. The Hall–Kier alpha value is -0.436. The molecule has 1 aromatic carbocycles. The van der Waals surface area contributed by atoms with Crippen molar-refractivity contribution in [3.63, 3.8) is 0 Å². The highest BCUT2D eigenvalue weighted by molar-refractivity contribution is 6.90. The summed E-state index contributed by atoms with van der Waals surface area (Å²) in [5.41, 5.74) is 3.24. The van der Waals surface area contributed by atoms with E-state index < -0.39 is 42.8 Å². The molecule has 0 saturated carbocycles. The largest absolute Gasteiger partial charge is 0.491 e. The van der Waals surface area contributed by atoms with Crippen LogP contribution in [0.4, 0.5) is 5.69 Å². The molecule has 0 aliphatic heterocycles. The van der Waals surface area contributed by atoms with Crippen LogP contribution in [0.5, 0.6) is 0 Å². The van der Waals surface area contributed by atoms with Crippen molar-refractivity contribution >= 4 is 48.5 Å². The third-order valence-electron chi connectivity index (χ3n) is 5.06. The van der Waals surface area contributed by atoms with Gasteiger partial charge in [0.2, 0.25) is 0 Å².